The Balaban J connectivity index is 1.85. The van der Waals surface area contributed by atoms with E-state index in [1.807, 2.05) is 24.1 Å². The average Bonchev–Trinajstić information content (AvgIpc) is 2.67. The Bertz CT molecular complexity index is 815. The number of nitrogens with zero attached hydrogens (tertiary/aromatic N) is 6. The number of hydrogen-bond acceptors (Lipinski definition) is 8. The lowest BCUT2D eigenvalue weighted by molar-refractivity contribution is -0.385. The van der Waals surface area contributed by atoms with E-state index in [9.17, 15) is 14.9 Å². The summed E-state index contributed by atoms with van der Waals surface area (Å²) in [6.45, 7) is 1.53. The molecule has 10 nitrogen and oxygen atoms in total. The van der Waals surface area contributed by atoms with Crippen LogP contribution in [0.1, 0.15) is 23.2 Å². The lowest BCUT2D eigenvalue weighted by Crippen LogP contribution is -2.47. The van der Waals surface area contributed by atoms with E-state index in [-0.39, 0.29) is 17.3 Å². The number of nitrogens with two attached hydrogens (primary N) is 1. The van der Waals surface area contributed by atoms with Crippen molar-refractivity contribution >= 4 is 23.2 Å². The molecule has 136 valence electrons. The minimum atomic E-state index is -0.746. The monoisotopic (exact) mass is 357 g/mol. The lowest BCUT2D eigenvalue weighted by Gasteiger charge is -2.38. The highest BCUT2D eigenvalue weighted by molar-refractivity contribution is 5.98. The number of hydrogen-bond donors (Lipinski definition) is 1. The molecule has 1 unspecified atom stereocenters. The van der Waals surface area contributed by atoms with Crippen LogP contribution in [-0.4, -0.2) is 52.2 Å². The van der Waals surface area contributed by atoms with Crippen LogP contribution in [0.15, 0.2) is 30.6 Å². The first-order valence-electron chi connectivity index (χ1n) is 8.17. The Morgan fingerprint density at radius 1 is 1.50 bits per heavy atom. The largest absolute Gasteiger partial charge is 0.365 e. The van der Waals surface area contributed by atoms with E-state index in [2.05, 4.69) is 20.1 Å². The molecule has 1 aliphatic rings. The first-order chi connectivity index (χ1) is 12.5. The van der Waals surface area contributed by atoms with Gasteiger partial charge in [-0.15, -0.1) is 5.10 Å². The second-order valence-electron chi connectivity index (χ2n) is 6.12. The lowest BCUT2D eigenvalue weighted by atomic mass is 10.0. The third-order valence-corrected chi connectivity index (χ3v) is 4.49. The van der Waals surface area contributed by atoms with Crippen LogP contribution in [0, 0.1) is 10.1 Å². The topological polar surface area (TPSA) is 131 Å². The smallest absolute Gasteiger partial charge is 0.288 e. The summed E-state index contributed by atoms with van der Waals surface area (Å²) in [6.07, 6.45) is 4.59. The predicted molar refractivity (Wildman–Crippen MR) is 95.1 cm³/mol. The molecule has 0 radical (unpaired) electrons. The number of anilines is 2. The summed E-state index contributed by atoms with van der Waals surface area (Å²) in [5.74, 6) is 0.385. The molecule has 2 aromatic heterocycles. The van der Waals surface area contributed by atoms with Gasteiger partial charge in [0.25, 0.3) is 11.6 Å². The number of carbonyl (C=O) groups excluding carboxylic acids is 1. The van der Waals surface area contributed by atoms with E-state index in [1.165, 1.54) is 6.07 Å². The SMILES string of the molecule is CN(c1ncc([N+](=O)[O-])cc1C(N)=O)C1CCCN(c2cccnn2)C1. The van der Waals surface area contributed by atoms with E-state index >= 15 is 0 Å². The molecule has 2 N–H and O–H groups in total. The zero-order chi connectivity index (χ0) is 18.7. The molecule has 2 aromatic rings. The molecule has 1 amide bonds. The van der Waals surface area contributed by atoms with Gasteiger partial charge >= 0.3 is 0 Å². The maximum atomic E-state index is 11.8. The quantitative estimate of drug-likeness (QED) is 0.619. The van der Waals surface area contributed by atoms with Gasteiger partial charge in [0.1, 0.15) is 12.0 Å². The molecular formula is C16H19N7O3. The average molecular weight is 357 g/mol. The minimum Gasteiger partial charge on any atom is -0.365 e. The molecule has 0 saturated carbocycles. The van der Waals surface area contributed by atoms with Crippen LogP contribution in [-0.2, 0) is 0 Å². The Kier molecular flexibility index (Phi) is 4.92. The highest BCUT2D eigenvalue weighted by atomic mass is 16.6. The number of carbonyl (C=O) groups is 1. The molecule has 0 bridgehead atoms. The normalized spacial score (nSPS) is 17.0. The van der Waals surface area contributed by atoms with Crippen LogP contribution < -0.4 is 15.5 Å². The van der Waals surface area contributed by atoms with Crippen LogP contribution in [0.5, 0.6) is 0 Å². The van der Waals surface area contributed by atoms with E-state index < -0.39 is 10.8 Å². The molecule has 0 aromatic carbocycles. The van der Waals surface area contributed by atoms with E-state index in [1.54, 1.807) is 6.20 Å². The molecular weight excluding hydrogens is 338 g/mol. The van der Waals surface area contributed by atoms with Gasteiger partial charge < -0.3 is 15.5 Å². The fourth-order valence-corrected chi connectivity index (χ4v) is 3.12. The van der Waals surface area contributed by atoms with Gasteiger partial charge in [-0.1, -0.05) is 0 Å². The maximum Gasteiger partial charge on any atom is 0.288 e. The number of nitro groups is 1. The zero-order valence-corrected chi connectivity index (χ0v) is 14.3. The Labute approximate surface area is 149 Å². The summed E-state index contributed by atoms with van der Waals surface area (Å²) in [6, 6.07) is 4.95. The molecule has 0 aliphatic carbocycles. The summed E-state index contributed by atoms with van der Waals surface area (Å²) in [5, 5.41) is 19.0. The highest BCUT2D eigenvalue weighted by Crippen LogP contribution is 2.27. The van der Waals surface area contributed by atoms with Gasteiger partial charge in [-0.3, -0.25) is 14.9 Å². The molecule has 26 heavy (non-hydrogen) atoms. The van der Waals surface area contributed by atoms with Gasteiger partial charge in [-0.05, 0) is 25.0 Å². The van der Waals surface area contributed by atoms with Crippen molar-refractivity contribution in [1.82, 2.24) is 15.2 Å². The van der Waals surface area contributed by atoms with Gasteiger partial charge in [0.15, 0.2) is 5.82 Å². The van der Waals surface area contributed by atoms with Crippen molar-refractivity contribution in [2.24, 2.45) is 5.73 Å². The van der Waals surface area contributed by atoms with Crippen LogP contribution >= 0.6 is 0 Å². The molecule has 1 atom stereocenters. The van der Waals surface area contributed by atoms with E-state index in [0.717, 1.165) is 31.4 Å². The summed E-state index contributed by atoms with van der Waals surface area (Å²) in [5.41, 5.74) is 5.19. The fraction of sp³-hybridized carbons (Fsp3) is 0.375. The van der Waals surface area contributed by atoms with E-state index in [0.29, 0.717) is 12.4 Å². The first kappa shape index (κ1) is 17.5. The van der Waals surface area contributed by atoms with Gasteiger partial charge in [0.2, 0.25) is 0 Å². The molecule has 0 spiro atoms. The summed E-state index contributed by atoms with van der Waals surface area (Å²) >= 11 is 0. The number of rotatable bonds is 5. The van der Waals surface area contributed by atoms with Crippen LogP contribution in [0.4, 0.5) is 17.3 Å². The van der Waals surface area contributed by atoms with Crippen LogP contribution in [0.25, 0.3) is 0 Å². The van der Waals surface area contributed by atoms with Crippen molar-refractivity contribution in [3.8, 4) is 0 Å². The minimum absolute atomic E-state index is 0.0401. The van der Waals surface area contributed by atoms with Crippen molar-refractivity contribution in [1.29, 1.82) is 0 Å². The van der Waals surface area contributed by atoms with Gasteiger partial charge in [0, 0.05) is 38.4 Å². The number of amides is 1. The maximum absolute atomic E-state index is 11.8. The molecule has 3 rings (SSSR count). The summed E-state index contributed by atoms with van der Waals surface area (Å²) in [4.78, 5) is 30.2. The Morgan fingerprint density at radius 2 is 2.31 bits per heavy atom. The predicted octanol–water partition coefficient (Wildman–Crippen LogP) is 0.984. The van der Waals surface area contributed by atoms with E-state index in [4.69, 9.17) is 5.73 Å². The van der Waals surface area contributed by atoms with Crippen molar-refractivity contribution < 1.29 is 9.72 Å². The summed E-state index contributed by atoms with van der Waals surface area (Å²) < 4.78 is 0. The second-order valence-corrected chi connectivity index (χ2v) is 6.12. The zero-order valence-electron chi connectivity index (χ0n) is 14.3. The number of pyridine rings is 1. The Hall–Kier alpha value is -3.30. The number of aromatic nitrogens is 3. The Morgan fingerprint density at radius 3 is 2.96 bits per heavy atom. The summed E-state index contributed by atoms with van der Waals surface area (Å²) in [7, 11) is 1.81. The van der Waals surface area contributed by atoms with Gasteiger partial charge in [0.05, 0.1) is 10.5 Å². The van der Waals surface area contributed by atoms with Crippen molar-refractivity contribution in [3.63, 3.8) is 0 Å². The van der Waals surface area contributed by atoms with Gasteiger partial charge in [-0.2, -0.15) is 5.10 Å². The number of primary amides is 1. The number of piperidine rings is 1. The van der Waals surface area contributed by atoms with Crippen molar-refractivity contribution in [3.05, 3.63) is 46.3 Å². The standard InChI is InChI=1S/C16H19N7O3/c1-21(16-13(15(17)24)8-12(9-18-16)23(25)26)11-4-3-7-22(10-11)14-5-2-6-19-20-14/h2,5-6,8-9,11H,3-4,7,10H2,1H3,(H2,17,24). The van der Waals surface area contributed by atoms with Crippen LogP contribution in [0.3, 0.4) is 0 Å². The third kappa shape index (κ3) is 3.53. The van der Waals surface area contributed by atoms with Crippen LogP contribution in [0.2, 0.25) is 0 Å². The molecule has 10 heteroatoms. The molecule has 3 heterocycles. The van der Waals surface area contributed by atoms with Crippen molar-refractivity contribution in [2.45, 2.75) is 18.9 Å². The third-order valence-electron chi connectivity index (χ3n) is 4.49. The first-order valence-corrected chi connectivity index (χ1v) is 8.17. The fourth-order valence-electron chi connectivity index (χ4n) is 3.12. The molecule has 1 saturated heterocycles. The van der Waals surface area contributed by atoms with Crippen molar-refractivity contribution in [2.75, 3.05) is 29.9 Å². The molecule has 1 fully saturated rings. The number of likely N-dealkylation sites (N-methyl/N-ethyl adjacent to an activating group) is 1. The van der Waals surface area contributed by atoms with Gasteiger partial charge in [-0.25, -0.2) is 4.98 Å². The second kappa shape index (κ2) is 7.30. The highest BCUT2D eigenvalue weighted by Gasteiger charge is 2.28. The molecule has 1 aliphatic heterocycles.